The summed E-state index contributed by atoms with van der Waals surface area (Å²) in [6.07, 6.45) is 36.3. The average molecular weight is 1250 g/mol. The van der Waals surface area contributed by atoms with Gasteiger partial charge in [-0.05, 0) is 229 Å². The molecule has 0 unspecified atom stereocenters. The van der Waals surface area contributed by atoms with Crippen molar-refractivity contribution in [1.82, 2.24) is 0 Å². The molecule has 3 aliphatic rings. The number of thiophene rings is 2. The van der Waals surface area contributed by atoms with E-state index < -0.39 is 0 Å². The van der Waals surface area contributed by atoms with Gasteiger partial charge in [-0.15, -0.1) is 22.7 Å². The van der Waals surface area contributed by atoms with Crippen LogP contribution in [0.15, 0.2) is 170 Å². The molecule has 0 saturated carbocycles. The quantitative estimate of drug-likeness (QED) is 0.0360. The van der Waals surface area contributed by atoms with Crippen LogP contribution in [0, 0.1) is 13.8 Å². The summed E-state index contributed by atoms with van der Waals surface area (Å²) < 4.78 is 0. The zero-order valence-corrected chi connectivity index (χ0v) is 58.4. The summed E-state index contributed by atoms with van der Waals surface area (Å²) in [5.41, 5.74) is 28.2. The van der Waals surface area contributed by atoms with E-state index in [-0.39, 0.29) is 10.8 Å². The summed E-state index contributed by atoms with van der Waals surface area (Å²) in [4.78, 5) is 5.51. The third-order valence-corrected chi connectivity index (χ3v) is 24.3. The Kier molecular flexibility index (Phi) is 20.5. The molecule has 8 aromatic carbocycles. The molecule has 0 fully saturated rings. The van der Waals surface area contributed by atoms with E-state index in [2.05, 4.69) is 211 Å². The maximum Gasteiger partial charge on any atom is 0.0449 e. The van der Waals surface area contributed by atoms with Crippen LogP contribution in [0.2, 0.25) is 0 Å². The third-order valence-electron chi connectivity index (χ3n) is 22.0. The van der Waals surface area contributed by atoms with Crippen LogP contribution >= 0.6 is 22.7 Å². The van der Waals surface area contributed by atoms with Crippen molar-refractivity contribution in [2.45, 2.75) is 232 Å². The number of aryl methyl sites for hydroxylation is 2. The molecule has 474 valence electrons. The van der Waals surface area contributed by atoms with Gasteiger partial charge in [0.15, 0.2) is 0 Å². The molecule has 3 aliphatic carbocycles. The fraction of sp³-hybridized carbons (Fsp3) is 0.400. The molecular weight excluding hydrogens is 1150 g/mol. The van der Waals surface area contributed by atoms with Crippen LogP contribution in [-0.2, 0) is 10.8 Å². The average Bonchev–Trinajstić information content (AvgIpc) is 1.57. The van der Waals surface area contributed by atoms with Gasteiger partial charge >= 0.3 is 0 Å². The highest BCUT2D eigenvalue weighted by Gasteiger charge is 2.44. The van der Waals surface area contributed by atoms with E-state index in [4.69, 9.17) is 0 Å². The van der Waals surface area contributed by atoms with Crippen LogP contribution < -0.4 is 0 Å². The standard InChI is InChI=1S/C90H102S2/c1-7-11-15-19-23-29-50-89(51-30-24-20-16-12-8-2)81-54-63(5)38-43-75(81)76-44-40-65(60-82(76)89)69-56-70(58-71(57-69)72-55-68-34-33-37-79-73-35-27-28-36-74(73)80(59-72)88(68)79)66-41-45-77-78-46-42-67(85-48-49-87(92-85)86-47-39-64(6)91-86)62-84(78)90(83(77)61-66,52-31-25-21-17-13-9-3)53-32-26-22-18-14-10-4/h27-28,33-49,54-62H,7-26,29-32,50-53H2,1-6H3. The summed E-state index contributed by atoms with van der Waals surface area (Å²) in [6.45, 7) is 14.0. The van der Waals surface area contributed by atoms with Crippen molar-refractivity contribution in [2.24, 2.45) is 0 Å². The van der Waals surface area contributed by atoms with Gasteiger partial charge in [0.05, 0.1) is 0 Å². The van der Waals surface area contributed by atoms with Gasteiger partial charge in [0.2, 0.25) is 0 Å². The van der Waals surface area contributed by atoms with Crippen LogP contribution in [0.1, 0.15) is 240 Å². The highest BCUT2D eigenvalue weighted by Crippen LogP contribution is 2.59. The third kappa shape index (κ3) is 13.0. The second-order valence-electron chi connectivity index (χ2n) is 28.4. The van der Waals surface area contributed by atoms with Gasteiger partial charge in [-0.25, -0.2) is 0 Å². The Labute approximate surface area is 562 Å². The van der Waals surface area contributed by atoms with Crippen molar-refractivity contribution < 1.29 is 0 Å². The highest BCUT2D eigenvalue weighted by molar-refractivity contribution is 7.23. The molecular formula is C90H102S2. The second kappa shape index (κ2) is 29.4. The molecule has 0 N–H and O–H groups in total. The van der Waals surface area contributed by atoms with Gasteiger partial charge in [0.1, 0.15) is 0 Å². The number of benzene rings is 8. The van der Waals surface area contributed by atoms with E-state index in [0.29, 0.717) is 0 Å². The molecule has 0 bridgehead atoms. The molecule has 0 saturated heterocycles. The lowest BCUT2D eigenvalue weighted by Gasteiger charge is -2.33. The predicted octanol–water partition coefficient (Wildman–Crippen LogP) is 29.1. The van der Waals surface area contributed by atoms with Crippen molar-refractivity contribution in [3.8, 4) is 98.1 Å². The van der Waals surface area contributed by atoms with Crippen LogP contribution in [-0.4, -0.2) is 0 Å². The maximum atomic E-state index is 2.73. The monoisotopic (exact) mass is 1250 g/mol. The van der Waals surface area contributed by atoms with Gasteiger partial charge in [-0.1, -0.05) is 284 Å². The van der Waals surface area contributed by atoms with E-state index in [9.17, 15) is 0 Å². The van der Waals surface area contributed by atoms with Crippen molar-refractivity contribution in [2.75, 3.05) is 0 Å². The summed E-state index contributed by atoms with van der Waals surface area (Å²) in [7, 11) is 0. The first-order valence-electron chi connectivity index (χ1n) is 36.8. The molecule has 2 aromatic heterocycles. The van der Waals surface area contributed by atoms with Gasteiger partial charge in [-0.2, -0.15) is 0 Å². The minimum atomic E-state index is -0.0755. The Morgan fingerprint density at radius 3 is 1.15 bits per heavy atom. The first-order valence-corrected chi connectivity index (χ1v) is 38.4. The number of rotatable bonds is 33. The zero-order chi connectivity index (χ0) is 63.0. The first kappa shape index (κ1) is 64.1. The smallest absolute Gasteiger partial charge is 0.0449 e. The molecule has 0 aliphatic heterocycles. The van der Waals surface area contributed by atoms with E-state index in [1.807, 2.05) is 22.7 Å². The van der Waals surface area contributed by atoms with Crippen LogP contribution in [0.25, 0.3) is 109 Å². The molecule has 0 radical (unpaired) electrons. The first-order chi connectivity index (χ1) is 45.2. The van der Waals surface area contributed by atoms with Gasteiger partial charge in [0.25, 0.3) is 0 Å². The molecule has 10 aromatic rings. The van der Waals surface area contributed by atoms with E-state index >= 15 is 0 Å². The zero-order valence-electron chi connectivity index (χ0n) is 56.8. The maximum absolute atomic E-state index is 2.73. The molecule has 13 rings (SSSR count). The normalized spacial score (nSPS) is 13.6. The van der Waals surface area contributed by atoms with Crippen molar-refractivity contribution in [3.63, 3.8) is 0 Å². The van der Waals surface area contributed by atoms with Crippen molar-refractivity contribution in [1.29, 1.82) is 0 Å². The number of unbranched alkanes of at least 4 members (excludes halogenated alkanes) is 20. The largest absolute Gasteiger partial charge is 0.140 e. The van der Waals surface area contributed by atoms with E-state index in [0.717, 1.165) is 0 Å². The van der Waals surface area contributed by atoms with Crippen LogP contribution in [0.5, 0.6) is 0 Å². The van der Waals surface area contributed by atoms with E-state index in [1.54, 1.807) is 22.3 Å². The van der Waals surface area contributed by atoms with Crippen molar-refractivity contribution in [3.05, 3.63) is 203 Å². The van der Waals surface area contributed by atoms with Gasteiger partial charge in [-0.3, -0.25) is 0 Å². The molecule has 2 heteroatoms. The summed E-state index contributed by atoms with van der Waals surface area (Å²) in [5.74, 6) is 0. The van der Waals surface area contributed by atoms with Crippen LogP contribution in [0.3, 0.4) is 0 Å². The summed E-state index contributed by atoms with van der Waals surface area (Å²) >= 11 is 3.88. The minimum absolute atomic E-state index is 0.00454. The second-order valence-corrected chi connectivity index (χ2v) is 30.8. The number of hydrogen-bond acceptors (Lipinski definition) is 2. The lowest BCUT2D eigenvalue weighted by molar-refractivity contribution is 0.398. The molecule has 92 heavy (non-hydrogen) atoms. The molecule has 2 heterocycles. The topological polar surface area (TPSA) is 0 Å². The lowest BCUT2D eigenvalue weighted by Crippen LogP contribution is -2.25. The van der Waals surface area contributed by atoms with Crippen LogP contribution in [0.4, 0.5) is 0 Å². The number of hydrogen-bond donors (Lipinski definition) is 0. The fourth-order valence-corrected chi connectivity index (χ4v) is 19.0. The minimum Gasteiger partial charge on any atom is -0.140 e. The Bertz CT molecular complexity index is 4140. The molecule has 0 nitrogen and oxygen atoms in total. The summed E-state index contributed by atoms with van der Waals surface area (Å²) in [6, 6.07) is 68.9. The Balaban J connectivity index is 0.967. The van der Waals surface area contributed by atoms with Gasteiger partial charge in [0, 0.05) is 30.3 Å². The lowest BCUT2D eigenvalue weighted by atomic mass is 9.70. The number of fused-ring (bicyclic) bond motifs is 9. The predicted molar refractivity (Wildman–Crippen MR) is 405 cm³/mol. The summed E-state index contributed by atoms with van der Waals surface area (Å²) in [5, 5.41) is 2.71. The highest BCUT2D eigenvalue weighted by atomic mass is 32.1. The SMILES string of the molecule is CCCCCCCCC1(CCCCCCCC)c2cc(C)ccc2-c2ccc(-c3cc(-c4ccc5c(c4)C(CCCCCCCC)(CCCCCCCC)c4cc(-c6ccc(-c7ccc(C)s7)s6)ccc4-5)cc(-c4cc5c6c(cccc6c4)-c4ccccc4-5)c3)cc21. The Morgan fingerprint density at radius 2 is 0.652 bits per heavy atom. The Morgan fingerprint density at radius 1 is 0.261 bits per heavy atom. The molecule has 0 amide bonds. The van der Waals surface area contributed by atoms with Gasteiger partial charge < -0.3 is 0 Å². The van der Waals surface area contributed by atoms with E-state index in [1.165, 1.54) is 299 Å². The van der Waals surface area contributed by atoms with Crippen molar-refractivity contribution >= 4 is 33.4 Å². The Hall–Kier alpha value is -6.58. The fourth-order valence-electron chi connectivity index (χ4n) is 17.1. The molecule has 0 spiro atoms. The molecule has 0 atom stereocenters.